The highest BCUT2D eigenvalue weighted by Gasteiger charge is 2.09. The van der Waals surface area contributed by atoms with Gasteiger partial charge in [-0.15, -0.1) is 11.3 Å². The molecule has 0 radical (unpaired) electrons. The highest BCUT2D eigenvalue weighted by atomic mass is 32.1. The predicted octanol–water partition coefficient (Wildman–Crippen LogP) is 2.49. The van der Waals surface area contributed by atoms with Gasteiger partial charge in [0.2, 0.25) is 0 Å². The molecule has 0 aliphatic carbocycles. The SMILES string of the molecule is CN(C)C(=O)NCc1cccc(-c2nc(=O)c3ccccc3s2)n1. The lowest BCUT2D eigenvalue weighted by Crippen LogP contribution is -2.34. The number of nitrogens with one attached hydrogen (secondary N) is 1. The van der Waals surface area contributed by atoms with Gasteiger partial charge in [0.15, 0.2) is 0 Å². The summed E-state index contributed by atoms with van der Waals surface area (Å²) in [6, 6.07) is 12.7. The fourth-order valence-electron chi connectivity index (χ4n) is 2.14. The maximum atomic E-state index is 12.2. The zero-order valence-electron chi connectivity index (χ0n) is 13.3. The number of carbonyl (C=O) groups is 1. The lowest BCUT2D eigenvalue weighted by molar-refractivity contribution is 0.217. The Kier molecular flexibility index (Phi) is 4.52. The fraction of sp³-hybridized carbons (Fsp3) is 0.176. The van der Waals surface area contributed by atoms with Crippen LogP contribution in [-0.4, -0.2) is 35.0 Å². The number of fused-ring (bicyclic) bond motifs is 1. The van der Waals surface area contributed by atoms with Gasteiger partial charge in [0.05, 0.1) is 23.3 Å². The van der Waals surface area contributed by atoms with E-state index in [1.54, 1.807) is 20.2 Å². The van der Waals surface area contributed by atoms with Crippen molar-refractivity contribution in [3.05, 3.63) is 58.5 Å². The normalized spacial score (nSPS) is 10.6. The summed E-state index contributed by atoms with van der Waals surface area (Å²) in [5.41, 5.74) is 1.07. The fourth-order valence-corrected chi connectivity index (χ4v) is 3.11. The highest BCUT2D eigenvalue weighted by molar-refractivity contribution is 7.21. The molecule has 24 heavy (non-hydrogen) atoms. The third-order valence-electron chi connectivity index (χ3n) is 3.38. The van der Waals surface area contributed by atoms with Crippen LogP contribution >= 0.6 is 11.3 Å². The van der Waals surface area contributed by atoms with Crippen LogP contribution in [0.5, 0.6) is 0 Å². The minimum absolute atomic E-state index is 0.185. The summed E-state index contributed by atoms with van der Waals surface area (Å²) < 4.78 is 0.876. The topological polar surface area (TPSA) is 75.2 Å². The lowest BCUT2D eigenvalue weighted by atomic mass is 10.3. The Hall–Kier alpha value is -2.80. The number of aromatic nitrogens is 2. The van der Waals surface area contributed by atoms with Gasteiger partial charge in [-0.25, -0.2) is 9.78 Å². The van der Waals surface area contributed by atoms with E-state index in [2.05, 4.69) is 15.3 Å². The number of benzene rings is 1. The first-order chi connectivity index (χ1) is 11.5. The Balaban J connectivity index is 1.91. The summed E-state index contributed by atoms with van der Waals surface area (Å²) in [6.07, 6.45) is 0. The van der Waals surface area contributed by atoms with Gasteiger partial charge in [0, 0.05) is 18.8 Å². The van der Waals surface area contributed by atoms with Gasteiger partial charge in [-0.05, 0) is 24.3 Å². The quantitative estimate of drug-likeness (QED) is 0.795. The number of urea groups is 1. The van der Waals surface area contributed by atoms with E-state index in [1.807, 2.05) is 36.4 Å². The monoisotopic (exact) mass is 340 g/mol. The van der Waals surface area contributed by atoms with Gasteiger partial charge in [-0.2, -0.15) is 4.98 Å². The molecule has 3 aromatic rings. The minimum atomic E-state index is -0.257. The average Bonchev–Trinajstić information content (AvgIpc) is 2.59. The molecule has 3 rings (SSSR count). The van der Waals surface area contributed by atoms with Gasteiger partial charge in [0.1, 0.15) is 5.01 Å². The second-order valence-electron chi connectivity index (χ2n) is 5.39. The van der Waals surface area contributed by atoms with Crippen molar-refractivity contribution < 1.29 is 4.79 Å². The van der Waals surface area contributed by atoms with Crippen molar-refractivity contribution in [1.82, 2.24) is 20.2 Å². The molecule has 0 bridgehead atoms. The molecule has 6 nitrogen and oxygen atoms in total. The molecule has 7 heteroatoms. The number of carbonyl (C=O) groups excluding carboxylic acids is 1. The zero-order valence-corrected chi connectivity index (χ0v) is 14.1. The van der Waals surface area contributed by atoms with E-state index >= 15 is 0 Å². The minimum Gasteiger partial charge on any atom is -0.332 e. The lowest BCUT2D eigenvalue weighted by Gasteiger charge is -2.11. The van der Waals surface area contributed by atoms with E-state index in [0.29, 0.717) is 28.3 Å². The maximum Gasteiger partial charge on any atom is 0.317 e. The number of rotatable bonds is 3. The average molecular weight is 340 g/mol. The first kappa shape index (κ1) is 16.1. The summed E-state index contributed by atoms with van der Waals surface area (Å²) in [7, 11) is 3.35. The number of hydrogen-bond acceptors (Lipinski definition) is 5. The molecule has 0 unspecified atom stereocenters. The van der Waals surface area contributed by atoms with Gasteiger partial charge < -0.3 is 10.2 Å². The van der Waals surface area contributed by atoms with Gasteiger partial charge in [-0.1, -0.05) is 18.2 Å². The van der Waals surface area contributed by atoms with Gasteiger partial charge in [0.25, 0.3) is 5.56 Å². The summed E-state index contributed by atoms with van der Waals surface area (Å²) in [5, 5.41) is 3.94. The highest BCUT2D eigenvalue weighted by Crippen LogP contribution is 2.24. The Morgan fingerprint density at radius 1 is 1.12 bits per heavy atom. The van der Waals surface area contributed by atoms with Crippen molar-refractivity contribution in [2.24, 2.45) is 0 Å². The molecule has 0 fully saturated rings. The van der Waals surface area contributed by atoms with Crippen molar-refractivity contribution in [3.63, 3.8) is 0 Å². The predicted molar refractivity (Wildman–Crippen MR) is 95.0 cm³/mol. The van der Waals surface area contributed by atoms with E-state index < -0.39 is 0 Å². The molecule has 0 spiro atoms. The Labute approximate surface area is 142 Å². The molecule has 1 N–H and O–H groups in total. The second-order valence-corrected chi connectivity index (χ2v) is 6.42. The number of amides is 2. The van der Waals surface area contributed by atoms with Crippen LogP contribution in [0.25, 0.3) is 20.8 Å². The largest absolute Gasteiger partial charge is 0.332 e. The Morgan fingerprint density at radius 2 is 1.92 bits per heavy atom. The van der Waals surface area contributed by atoms with Crippen LogP contribution in [0, 0.1) is 0 Å². The van der Waals surface area contributed by atoms with Crippen molar-refractivity contribution in [2.75, 3.05) is 14.1 Å². The molecule has 0 aliphatic rings. The van der Waals surface area contributed by atoms with E-state index in [1.165, 1.54) is 16.2 Å². The molecule has 0 saturated carbocycles. The molecule has 0 saturated heterocycles. The van der Waals surface area contributed by atoms with E-state index in [9.17, 15) is 9.59 Å². The molecule has 2 aromatic heterocycles. The zero-order chi connectivity index (χ0) is 17.1. The van der Waals surface area contributed by atoms with Crippen molar-refractivity contribution in [2.45, 2.75) is 6.54 Å². The summed E-state index contributed by atoms with van der Waals surface area (Å²) in [4.78, 5) is 33.8. The van der Waals surface area contributed by atoms with Crippen LogP contribution in [0.15, 0.2) is 47.3 Å². The second kappa shape index (κ2) is 6.76. The van der Waals surface area contributed by atoms with E-state index in [0.717, 1.165) is 4.70 Å². The number of nitrogens with zero attached hydrogens (tertiary/aromatic N) is 3. The van der Waals surface area contributed by atoms with Crippen LogP contribution in [-0.2, 0) is 6.54 Å². The van der Waals surface area contributed by atoms with Crippen LogP contribution in [0.1, 0.15) is 5.69 Å². The maximum absolute atomic E-state index is 12.2. The molecule has 122 valence electrons. The first-order valence-corrected chi connectivity index (χ1v) is 8.17. The van der Waals surface area contributed by atoms with Crippen LogP contribution in [0.4, 0.5) is 4.79 Å². The molecular weight excluding hydrogens is 324 g/mol. The third-order valence-corrected chi connectivity index (χ3v) is 4.45. The van der Waals surface area contributed by atoms with Crippen LogP contribution in [0.2, 0.25) is 0 Å². The van der Waals surface area contributed by atoms with Crippen LogP contribution < -0.4 is 10.9 Å². The van der Waals surface area contributed by atoms with Crippen molar-refractivity contribution >= 4 is 27.5 Å². The Morgan fingerprint density at radius 3 is 2.71 bits per heavy atom. The van der Waals surface area contributed by atoms with Crippen molar-refractivity contribution in [3.8, 4) is 10.7 Å². The number of pyridine rings is 1. The summed E-state index contributed by atoms with van der Waals surface area (Å²) in [5.74, 6) is 0. The molecule has 0 atom stereocenters. The van der Waals surface area contributed by atoms with E-state index in [-0.39, 0.29) is 11.6 Å². The molecule has 0 aliphatic heterocycles. The molecule has 2 amide bonds. The first-order valence-electron chi connectivity index (χ1n) is 7.36. The van der Waals surface area contributed by atoms with E-state index in [4.69, 9.17) is 0 Å². The van der Waals surface area contributed by atoms with Crippen LogP contribution in [0.3, 0.4) is 0 Å². The Bertz CT molecular complexity index is 952. The smallest absolute Gasteiger partial charge is 0.317 e. The molecule has 1 aromatic carbocycles. The van der Waals surface area contributed by atoms with Crippen molar-refractivity contribution in [1.29, 1.82) is 0 Å². The van der Waals surface area contributed by atoms with Gasteiger partial charge in [-0.3, -0.25) is 4.79 Å². The molecular formula is C17H16N4O2S. The summed E-state index contributed by atoms with van der Waals surface area (Å²) in [6.45, 7) is 0.313. The number of hydrogen-bond donors (Lipinski definition) is 1. The standard InChI is InChI=1S/C17H16N4O2S/c1-21(2)17(23)18-10-11-6-5-8-13(19-11)16-20-15(22)12-7-3-4-9-14(12)24-16/h3-9H,10H2,1-2H3,(H,18,23). The summed E-state index contributed by atoms with van der Waals surface area (Å²) >= 11 is 1.42. The molecule has 2 heterocycles. The van der Waals surface area contributed by atoms with Gasteiger partial charge >= 0.3 is 6.03 Å². The third kappa shape index (κ3) is 3.41.